The van der Waals surface area contributed by atoms with Crippen molar-refractivity contribution in [3.8, 4) is 0 Å². The molecule has 0 spiro atoms. The summed E-state index contributed by atoms with van der Waals surface area (Å²) in [5.74, 6) is 0.871. The highest BCUT2D eigenvalue weighted by molar-refractivity contribution is 5.91. The molecule has 0 aromatic carbocycles. The minimum Gasteiger partial charge on any atom is -0.376 e. The van der Waals surface area contributed by atoms with Crippen LogP contribution in [-0.4, -0.2) is 35.2 Å². The van der Waals surface area contributed by atoms with Crippen LogP contribution in [0.15, 0.2) is 30.5 Å². The van der Waals surface area contributed by atoms with E-state index < -0.39 is 0 Å². The zero-order chi connectivity index (χ0) is 17.6. The number of pyridine rings is 1. The SMILES string of the molecule is CN(C)c1cccnc1CC(=O)Nc1ccc(C2CCCCC2)nn1. The standard InChI is InChI=1S/C19H25N5O/c1-24(2)17-9-6-12-20-16(17)13-19(25)21-18-11-10-15(22-23-18)14-7-4-3-5-8-14/h6,9-12,14H,3-5,7-8,13H2,1-2H3,(H,21,23,25). The number of nitrogens with zero attached hydrogens (tertiary/aromatic N) is 4. The third-order valence-electron chi connectivity index (χ3n) is 4.65. The monoisotopic (exact) mass is 339 g/mol. The number of hydrogen-bond donors (Lipinski definition) is 1. The number of aromatic nitrogens is 3. The lowest BCUT2D eigenvalue weighted by Crippen LogP contribution is -2.19. The maximum Gasteiger partial charge on any atom is 0.231 e. The van der Waals surface area contributed by atoms with Gasteiger partial charge in [0.05, 0.1) is 23.5 Å². The first-order valence-electron chi connectivity index (χ1n) is 8.88. The minimum atomic E-state index is -0.137. The third kappa shape index (κ3) is 4.53. The van der Waals surface area contributed by atoms with Gasteiger partial charge in [-0.2, -0.15) is 5.10 Å². The van der Waals surface area contributed by atoms with E-state index in [1.54, 1.807) is 6.20 Å². The first-order valence-corrected chi connectivity index (χ1v) is 8.88. The van der Waals surface area contributed by atoms with E-state index >= 15 is 0 Å². The van der Waals surface area contributed by atoms with Gasteiger partial charge in [0.1, 0.15) is 0 Å². The summed E-state index contributed by atoms with van der Waals surface area (Å²) in [4.78, 5) is 18.6. The molecule has 0 unspecified atom stereocenters. The van der Waals surface area contributed by atoms with Gasteiger partial charge in [0.15, 0.2) is 5.82 Å². The van der Waals surface area contributed by atoms with Gasteiger partial charge in [-0.3, -0.25) is 9.78 Å². The fraction of sp³-hybridized carbons (Fsp3) is 0.474. The average molecular weight is 339 g/mol. The van der Waals surface area contributed by atoms with Crippen molar-refractivity contribution in [3.05, 3.63) is 41.9 Å². The summed E-state index contributed by atoms with van der Waals surface area (Å²) in [6.45, 7) is 0. The summed E-state index contributed by atoms with van der Waals surface area (Å²) in [7, 11) is 3.88. The van der Waals surface area contributed by atoms with E-state index in [2.05, 4.69) is 20.5 Å². The molecule has 25 heavy (non-hydrogen) atoms. The first kappa shape index (κ1) is 17.3. The largest absolute Gasteiger partial charge is 0.376 e. The lowest BCUT2D eigenvalue weighted by molar-refractivity contribution is -0.115. The molecule has 0 atom stereocenters. The van der Waals surface area contributed by atoms with E-state index in [1.807, 2.05) is 43.3 Å². The highest BCUT2D eigenvalue weighted by Gasteiger charge is 2.17. The van der Waals surface area contributed by atoms with E-state index in [-0.39, 0.29) is 12.3 Å². The number of carbonyl (C=O) groups is 1. The Kier molecular flexibility index (Phi) is 5.58. The van der Waals surface area contributed by atoms with Crippen molar-refractivity contribution in [1.82, 2.24) is 15.2 Å². The normalized spacial score (nSPS) is 15.0. The van der Waals surface area contributed by atoms with Crippen molar-refractivity contribution in [3.63, 3.8) is 0 Å². The fourth-order valence-electron chi connectivity index (χ4n) is 3.34. The predicted molar refractivity (Wildman–Crippen MR) is 98.8 cm³/mol. The Morgan fingerprint density at radius 2 is 1.96 bits per heavy atom. The topological polar surface area (TPSA) is 71.0 Å². The zero-order valence-corrected chi connectivity index (χ0v) is 14.9. The van der Waals surface area contributed by atoms with E-state index in [0.717, 1.165) is 17.1 Å². The van der Waals surface area contributed by atoms with Gasteiger partial charge < -0.3 is 10.2 Å². The maximum atomic E-state index is 12.3. The summed E-state index contributed by atoms with van der Waals surface area (Å²) >= 11 is 0. The van der Waals surface area contributed by atoms with E-state index in [4.69, 9.17) is 0 Å². The smallest absolute Gasteiger partial charge is 0.231 e. The van der Waals surface area contributed by atoms with Crippen LogP contribution in [0.5, 0.6) is 0 Å². The Balaban J connectivity index is 1.61. The third-order valence-corrected chi connectivity index (χ3v) is 4.65. The van der Waals surface area contributed by atoms with Gasteiger partial charge in [0, 0.05) is 26.2 Å². The van der Waals surface area contributed by atoms with Crippen molar-refractivity contribution in [2.45, 2.75) is 44.4 Å². The van der Waals surface area contributed by atoms with Crippen LogP contribution in [0.1, 0.15) is 49.4 Å². The highest BCUT2D eigenvalue weighted by atomic mass is 16.1. The van der Waals surface area contributed by atoms with Crippen LogP contribution in [-0.2, 0) is 11.2 Å². The van der Waals surface area contributed by atoms with Crippen LogP contribution in [0.2, 0.25) is 0 Å². The van der Waals surface area contributed by atoms with Crippen LogP contribution in [0.25, 0.3) is 0 Å². The Labute approximate surface area is 148 Å². The van der Waals surface area contributed by atoms with Crippen molar-refractivity contribution in [1.29, 1.82) is 0 Å². The quantitative estimate of drug-likeness (QED) is 0.906. The average Bonchev–Trinajstić information content (AvgIpc) is 2.63. The minimum absolute atomic E-state index is 0.137. The summed E-state index contributed by atoms with van der Waals surface area (Å²) in [6.07, 6.45) is 8.14. The number of hydrogen-bond acceptors (Lipinski definition) is 5. The van der Waals surface area contributed by atoms with E-state index in [9.17, 15) is 4.79 Å². The molecule has 6 heteroatoms. The molecule has 0 saturated heterocycles. The summed E-state index contributed by atoms with van der Waals surface area (Å²) in [5.41, 5.74) is 2.73. The molecule has 132 valence electrons. The molecule has 1 fully saturated rings. The zero-order valence-electron chi connectivity index (χ0n) is 14.9. The lowest BCUT2D eigenvalue weighted by atomic mass is 9.87. The molecule has 0 bridgehead atoms. The van der Waals surface area contributed by atoms with Gasteiger partial charge in [0.25, 0.3) is 0 Å². The van der Waals surface area contributed by atoms with Crippen LogP contribution in [0, 0.1) is 0 Å². The van der Waals surface area contributed by atoms with Crippen molar-refractivity contribution < 1.29 is 4.79 Å². The molecular formula is C19H25N5O. The van der Waals surface area contributed by atoms with Gasteiger partial charge in [-0.1, -0.05) is 19.3 Å². The first-order chi connectivity index (χ1) is 12.1. The molecule has 1 aliphatic carbocycles. The summed E-state index contributed by atoms with van der Waals surface area (Å²) in [5, 5.41) is 11.3. The van der Waals surface area contributed by atoms with Crippen molar-refractivity contribution >= 4 is 17.4 Å². The molecule has 6 nitrogen and oxygen atoms in total. The van der Waals surface area contributed by atoms with Gasteiger partial charge in [-0.25, -0.2) is 0 Å². The molecule has 0 radical (unpaired) electrons. The van der Waals surface area contributed by atoms with Gasteiger partial charge in [-0.05, 0) is 37.1 Å². The van der Waals surface area contributed by atoms with Crippen molar-refractivity contribution in [2.75, 3.05) is 24.3 Å². The van der Waals surface area contributed by atoms with Crippen LogP contribution < -0.4 is 10.2 Å². The predicted octanol–water partition coefficient (Wildman–Crippen LogP) is 3.17. The van der Waals surface area contributed by atoms with E-state index in [1.165, 1.54) is 32.1 Å². The molecule has 1 aliphatic rings. The Bertz CT molecular complexity index is 708. The van der Waals surface area contributed by atoms with Crippen LogP contribution in [0.3, 0.4) is 0 Å². The molecule has 0 aliphatic heterocycles. The number of anilines is 2. The number of nitrogens with one attached hydrogen (secondary N) is 1. The Hall–Kier alpha value is -2.50. The molecule has 1 amide bonds. The molecule has 1 saturated carbocycles. The summed E-state index contributed by atoms with van der Waals surface area (Å²) in [6, 6.07) is 7.66. The highest BCUT2D eigenvalue weighted by Crippen LogP contribution is 2.31. The second-order valence-electron chi connectivity index (χ2n) is 6.77. The lowest BCUT2D eigenvalue weighted by Gasteiger charge is -2.20. The summed E-state index contributed by atoms with van der Waals surface area (Å²) < 4.78 is 0. The van der Waals surface area contributed by atoms with Gasteiger partial charge in [-0.15, -0.1) is 5.10 Å². The number of carbonyl (C=O) groups excluding carboxylic acids is 1. The fourth-order valence-corrected chi connectivity index (χ4v) is 3.34. The Morgan fingerprint density at radius 1 is 1.16 bits per heavy atom. The van der Waals surface area contributed by atoms with E-state index in [0.29, 0.717) is 11.7 Å². The molecule has 2 aromatic rings. The Morgan fingerprint density at radius 3 is 2.64 bits per heavy atom. The van der Waals surface area contributed by atoms with Gasteiger partial charge >= 0.3 is 0 Å². The molecule has 3 rings (SSSR count). The number of amides is 1. The molecule has 2 aromatic heterocycles. The van der Waals surface area contributed by atoms with Crippen LogP contribution in [0.4, 0.5) is 11.5 Å². The second kappa shape index (κ2) is 8.05. The maximum absolute atomic E-state index is 12.3. The molecule has 2 heterocycles. The second-order valence-corrected chi connectivity index (χ2v) is 6.77. The van der Waals surface area contributed by atoms with Crippen LogP contribution >= 0.6 is 0 Å². The van der Waals surface area contributed by atoms with Gasteiger partial charge in [0.2, 0.25) is 5.91 Å². The van der Waals surface area contributed by atoms with Crippen molar-refractivity contribution in [2.24, 2.45) is 0 Å². The molecular weight excluding hydrogens is 314 g/mol. The number of rotatable bonds is 5. The molecule has 1 N–H and O–H groups in total.